The van der Waals surface area contributed by atoms with Crippen LogP contribution in [0.5, 0.6) is 0 Å². The van der Waals surface area contributed by atoms with Gasteiger partial charge in [0, 0.05) is 6.42 Å². The average Bonchev–Trinajstić information content (AvgIpc) is 2.74. The Labute approximate surface area is 207 Å². The molecular formula is C25H38O9S. The molecule has 1 rings (SSSR count). The summed E-state index contributed by atoms with van der Waals surface area (Å²) >= 11 is 0. The van der Waals surface area contributed by atoms with Gasteiger partial charge in [-0.1, -0.05) is 44.5 Å². The molecule has 0 fully saturated rings. The number of sulfone groups is 1. The molecule has 0 heterocycles. The zero-order valence-corrected chi connectivity index (χ0v) is 21.9. The first kappa shape index (κ1) is 30.6. The summed E-state index contributed by atoms with van der Waals surface area (Å²) in [5, 5.41) is 20.2. The van der Waals surface area contributed by atoms with Crippen molar-refractivity contribution in [2.45, 2.75) is 65.2 Å². The number of aliphatic hydroxyl groups excluding tert-OH is 1. The lowest BCUT2D eigenvalue weighted by atomic mass is 9.75. The van der Waals surface area contributed by atoms with Gasteiger partial charge in [0.1, 0.15) is 11.2 Å². The minimum atomic E-state index is -3.70. The van der Waals surface area contributed by atoms with Gasteiger partial charge in [-0.25, -0.2) is 8.42 Å². The molecule has 0 aliphatic carbocycles. The van der Waals surface area contributed by atoms with Crippen molar-refractivity contribution in [1.29, 1.82) is 0 Å². The van der Waals surface area contributed by atoms with E-state index in [0.717, 1.165) is 5.56 Å². The van der Waals surface area contributed by atoms with Gasteiger partial charge in [0.2, 0.25) is 0 Å². The maximum Gasteiger partial charge on any atom is 0.321 e. The average molecular weight is 515 g/mol. The van der Waals surface area contributed by atoms with E-state index in [0.29, 0.717) is 24.8 Å². The van der Waals surface area contributed by atoms with E-state index in [-0.39, 0.29) is 37.8 Å². The topological polar surface area (TPSA) is 144 Å². The zero-order chi connectivity index (χ0) is 26.7. The van der Waals surface area contributed by atoms with Crippen molar-refractivity contribution >= 4 is 27.7 Å². The third-order valence-corrected chi connectivity index (χ3v) is 7.69. The Hall–Kier alpha value is -2.46. The van der Waals surface area contributed by atoms with Gasteiger partial charge in [-0.2, -0.15) is 0 Å². The van der Waals surface area contributed by atoms with E-state index in [9.17, 15) is 33.0 Å². The first-order valence-electron chi connectivity index (χ1n) is 11.8. The van der Waals surface area contributed by atoms with Crippen LogP contribution < -0.4 is 0 Å². The molecule has 1 aromatic carbocycles. The molecule has 0 bridgehead atoms. The molecule has 0 amide bonds. The number of carboxylic acids is 1. The maximum absolute atomic E-state index is 12.4. The molecule has 9 nitrogen and oxygen atoms in total. The summed E-state index contributed by atoms with van der Waals surface area (Å²) in [4.78, 5) is 35.5. The summed E-state index contributed by atoms with van der Waals surface area (Å²) in [6.45, 7) is 6.55. The normalized spacial score (nSPS) is 13.6. The molecule has 1 unspecified atom stereocenters. The van der Waals surface area contributed by atoms with E-state index in [2.05, 4.69) is 0 Å². The van der Waals surface area contributed by atoms with Crippen LogP contribution in [-0.2, 0) is 45.5 Å². The van der Waals surface area contributed by atoms with Gasteiger partial charge in [0.25, 0.3) is 0 Å². The molecule has 0 aliphatic rings. The number of rotatable bonds is 16. The molecule has 0 radical (unpaired) electrons. The smallest absolute Gasteiger partial charge is 0.321 e. The van der Waals surface area contributed by atoms with E-state index < -0.39 is 45.0 Å². The summed E-state index contributed by atoms with van der Waals surface area (Å²) in [7, 11) is -3.70. The first-order valence-corrected chi connectivity index (χ1v) is 13.6. The maximum atomic E-state index is 12.4. The van der Waals surface area contributed by atoms with E-state index in [1.807, 2.05) is 0 Å². The molecule has 35 heavy (non-hydrogen) atoms. The predicted octanol–water partition coefficient (Wildman–Crippen LogP) is 2.67. The fraction of sp³-hybridized carbons (Fsp3) is 0.640. The van der Waals surface area contributed by atoms with E-state index >= 15 is 0 Å². The van der Waals surface area contributed by atoms with E-state index in [1.54, 1.807) is 52.0 Å². The molecule has 10 heteroatoms. The minimum absolute atomic E-state index is 0.0848. The monoisotopic (exact) mass is 514 g/mol. The molecule has 0 saturated heterocycles. The number of benzene rings is 1. The lowest BCUT2D eigenvalue weighted by molar-refractivity contribution is -0.146. The van der Waals surface area contributed by atoms with Crippen molar-refractivity contribution in [2.75, 3.05) is 31.3 Å². The Morgan fingerprint density at radius 2 is 1.63 bits per heavy atom. The summed E-state index contributed by atoms with van der Waals surface area (Å²) in [6, 6.07) is 6.78. The fourth-order valence-corrected chi connectivity index (χ4v) is 5.97. The zero-order valence-electron chi connectivity index (χ0n) is 21.0. The summed E-state index contributed by atoms with van der Waals surface area (Å²) in [6.07, 6.45) is 1.32. The number of carboxylic acid groups (broad SMARTS) is 1. The van der Waals surface area contributed by atoms with Crippen LogP contribution in [0.4, 0.5) is 0 Å². The van der Waals surface area contributed by atoms with Gasteiger partial charge in [-0.15, -0.1) is 0 Å². The van der Waals surface area contributed by atoms with Crippen molar-refractivity contribution in [3.05, 3.63) is 35.4 Å². The number of ether oxygens (including phenoxy) is 2. The number of aliphatic hydroxyl groups is 1. The fourth-order valence-electron chi connectivity index (χ4n) is 4.09. The number of hydrogen-bond donors (Lipinski definition) is 2. The Bertz CT molecular complexity index is 969. The minimum Gasteiger partial charge on any atom is -0.481 e. The van der Waals surface area contributed by atoms with Gasteiger partial charge in [0.05, 0.1) is 25.6 Å². The third kappa shape index (κ3) is 9.97. The summed E-state index contributed by atoms with van der Waals surface area (Å²) in [5.74, 6) is -3.27. The van der Waals surface area contributed by atoms with Gasteiger partial charge in [-0.05, 0) is 49.7 Å². The highest BCUT2D eigenvalue weighted by atomic mass is 32.2. The quantitative estimate of drug-likeness (QED) is 0.318. The second-order valence-electron chi connectivity index (χ2n) is 9.41. The SMILES string of the molecule is CCOC(=O)CCc1cccc(C(CO)(CCCC(C)(C)CS(=O)(=O)CC(=O)OCC)C(=O)O)c1. The van der Waals surface area contributed by atoms with Gasteiger partial charge < -0.3 is 19.7 Å². The van der Waals surface area contributed by atoms with E-state index in [4.69, 9.17) is 9.47 Å². The second-order valence-corrected chi connectivity index (χ2v) is 11.5. The van der Waals surface area contributed by atoms with Crippen LogP contribution in [0.2, 0.25) is 0 Å². The Morgan fingerprint density at radius 3 is 2.20 bits per heavy atom. The summed E-state index contributed by atoms with van der Waals surface area (Å²) in [5.41, 5.74) is -1.12. The van der Waals surface area contributed by atoms with Crippen molar-refractivity contribution in [2.24, 2.45) is 5.41 Å². The number of carbonyl (C=O) groups excluding carboxylic acids is 2. The second kappa shape index (κ2) is 13.6. The Balaban J connectivity index is 2.94. The van der Waals surface area contributed by atoms with Crippen molar-refractivity contribution in [3.63, 3.8) is 0 Å². The highest BCUT2D eigenvalue weighted by Gasteiger charge is 2.40. The number of carbonyl (C=O) groups is 3. The molecule has 0 spiro atoms. The Morgan fingerprint density at radius 1 is 1.00 bits per heavy atom. The number of hydrogen-bond acceptors (Lipinski definition) is 8. The number of esters is 2. The van der Waals surface area contributed by atoms with Crippen LogP contribution in [0.15, 0.2) is 24.3 Å². The standard InChI is InChI=1S/C25H38O9S/c1-5-33-21(27)12-11-19-9-7-10-20(15-19)25(17-26,23(29)30)14-8-13-24(3,4)18-35(31,32)16-22(28)34-6-2/h7,9-10,15,26H,5-6,8,11-14,16-18H2,1-4H3,(H,29,30). The molecular weight excluding hydrogens is 476 g/mol. The largest absolute Gasteiger partial charge is 0.481 e. The molecule has 1 atom stereocenters. The molecule has 0 aromatic heterocycles. The van der Waals surface area contributed by atoms with Crippen LogP contribution in [-0.4, -0.2) is 67.9 Å². The molecule has 1 aromatic rings. The predicted molar refractivity (Wildman–Crippen MR) is 131 cm³/mol. The Kier molecular flexibility index (Phi) is 11.9. The highest BCUT2D eigenvalue weighted by molar-refractivity contribution is 7.92. The third-order valence-electron chi connectivity index (χ3n) is 5.79. The lowest BCUT2D eigenvalue weighted by Gasteiger charge is -2.31. The first-order chi connectivity index (χ1) is 16.3. The lowest BCUT2D eigenvalue weighted by Crippen LogP contribution is -2.40. The van der Waals surface area contributed by atoms with Crippen molar-refractivity contribution in [1.82, 2.24) is 0 Å². The van der Waals surface area contributed by atoms with Crippen molar-refractivity contribution in [3.8, 4) is 0 Å². The van der Waals surface area contributed by atoms with Gasteiger partial charge in [-0.3, -0.25) is 14.4 Å². The van der Waals surface area contributed by atoms with Gasteiger partial charge in [0.15, 0.2) is 9.84 Å². The van der Waals surface area contributed by atoms with Crippen LogP contribution in [0.25, 0.3) is 0 Å². The number of aliphatic carboxylic acids is 1. The summed E-state index contributed by atoms with van der Waals surface area (Å²) < 4.78 is 34.4. The number of aryl methyl sites for hydroxylation is 1. The van der Waals surface area contributed by atoms with Crippen LogP contribution >= 0.6 is 0 Å². The van der Waals surface area contributed by atoms with Crippen LogP contribution in [0, 0.1) is 5.41 Å². The molecule has 0 aliphatic heterocycles. The molecule has 0 saturated carbocycles. The van der Waals surface area contributed by atoms with Crippen LogP contribution in [0.1, 0.15) is 64.5 Å². The molecule has 2 N–H and O–H groups in total. The van der Waals surface area contributed by atoms with E-state index in [1.165, 1.54) is 0 Å². The van der Waals surface area contributed by atoms with Crippen molar-refractivity contribution < 1.29 is 42.5 Å². The van der Waals surface area contributed by atoms with Crippen LogP contribution in [0.3, 0.4) is 0 Å². The highest BCUT2D eigenvalue weighted by Crippen LogP contribution is 2.34. The molecule has 198 valence electrons. The van der Waals surface area contributed by atoms with Gasteiger partial charge >= 0.3 is 17.9 Å².